The van der Waals surface area contributed by atoms with Crippen LogP contribution in [0, 0.1) is 5.92 Å². The minimum absolute atomic E-state index is 0. The monoisotopic (exact) mass is 348 g/mol. The van der Waals surface area contributed by atoms with Crippen LogP contribution in [0.1, 0.15) is 30.1 Å². The number of rotatable bonds is 5. The molecule has 5 nitrogen and oxygen atoms in total. The van der Waals surface area contributed by atoms with E-state index in [4.69, 9.17) is 0 Å². The molecular formula is C18H25ClN4O. The van der Waals surface area contributed by atoms with E-state index in [0.29, 0.717) is 11.5 Å². The largest absolute Gasteiger partial charge is 0.339 e. The molecule has 0 unspecified atom stereocenters. The van der Waals surface area contributed by atoms with Gasteiger partial charge in [-0.3, -0.25) is 4.79 Å². The Balaban J connectivity index is 0.00000208. The maximum atomic E-state index is 12.6. The molecule has 6 heteroatoms. The van der Waals surface area contributed by atoms with Gasteiger partial charge in [-0.15, -0.1) is 12.4 Å². The number of para-hydroxylation sites is 1. The van der Waals surface area contributed by atoms with Gasteiger partial charge in [0.2, 0.25) is 0 Å². The lowest BCUT2D eigenvalue weighted by Crippen LogP contribution is -2.40. The molecule has 1 amide bonds. The zero-order valence-electron chi connectivity index (χ0n) is 14.0. The lowest BCUT2D eigenvalue weighted by molar-refractivity contribution is 0.0690. The van der Waals surface area contributed by atoms with Crippen molar-refractivity contribution in [3.8, 4) is 5.69 Å². The number of nitrogens with zero attached hydrogens (tertiary/aromatic N) is 3. The molecule has 3 rings (SSSR count). The van der Waals surface area contributed by atoms with Crippen molar-refractivity contribution >= 4 is 18.3 Å². The Kier molecular flexibility index (Phi) is 6.82. The van der Waals surface area contributed by atoms with E-state index < -0.39 is 0 Å². The van der Waals surface area contributed by atoms with Crippen molar-refractivity contribution < 1.29 is 4.79 Å². The van der Waals surface area contributed by atoms with Crippen molar-refractivity contribution in [3.05, 3.63) is 48.3 Å². The van der Waals surface area contributed by atoms with Crippen LogP contribution in [0.25, 0.3) is 5.69 Å². The first-order valence-electron chi connectivity index (χ1n) is 8.38. The molecule has 2 heterocycles. The van der Waals surface area contributed by atoms with Gasteiger partial charge < -0.3 is 10.2 Å². The molecule has 1 aromatic carbocycles. The molecule has 1 N–H and O–H groups in total. The van der Waals surface area contributed by atoms with Crippen molar-refractivity contribution in [2.24, 2.45) is 5.92 Å². The van der Waals surface area contributed by atoms with Gasteiger partial charge in [-0.1, -0.05) is 25.1 Å². The quantitative estimate of drug-likeness (QED) is 0.903. The summed E-state index contributed by atoms with van der Waals surface area (Å²) in [7, 11) is 0. The predicted molar refractivity (Wildman–Crippen MR) is 98.0 cm³/mol. The summed E-state index contributed by atoms with van der Waals surface area (Å²) in [5.41, 5.74) is 1.63. The normalized spacial score (nSPS) is 15.1. The van der Waals surface area contributed by atoms with Crippen LogP contribution >= 0.6 is 12.4 Å². The third-order valence-corrected chi connectivity index (χ3v) is 4.44. The standard InChI is InChI=1S/C18H24N4O.ClH/c1-2-19-12-15-8-10-21(11-9-15)18(23)16-13-20-22(14-16)17-6-4-3-5-7-17;/h3-7,13-15,19H,2,8-12H2,1H3;1H. The van der Waals surface area contributed by atoms with E-state index in [-0.39, 0.29) is 18.3 Å². The van der Waals surface area contributed by atoms with Crippen LogP contribution in [0.3, 0.4) is 0 Å². The van der Waals surface area contributed by atoms with Crippen LogP contribution in [-0.4, -0.2) is 46.8 Å². The topological polar surface area (TPSA) is 50.2 Å². The van der Waals surface area contributed by atoms with Crippen LogP contribution < -0.4 is 5.32 Å². The Morgan fingerprint density at radius 1 is 1.25 bits per heavy atom. The lowest BCUT2D eigenvalue weighted by Gasteiger charge is -2.31. The highest BCUT2D eigenvalue weighted by Crippen LogP contribution is 2.19. The number of likely N-dealkylation sites (tertiary alicyclic amines) is 1. The van der Waals surface area contributed by atoms with Gasteiger partial charge >= 0.3 is 0 Å². The van der Waals surface area contributed by atoms with E-state index >= 15 is 0 Å². The molecule has 2 aromatic rings. The molecule has 0 bridgehead atoms. The molecular weight excluding hydrogens is 324 g/mol. The van der Waals surface area contributed by atoms with Crippen LogP contribution in [0.5, 0.6) is 0 Å². The maximum absolute atomic E-state index is 12.6. The summed E-state index contributed by atoms with van der Waals surface area (Å²) in [6, 6.07) is 9.86. The molecule has 1 aromatic heterocycles. The number of benzene rings is 1. The number of hydrogen-bond acceptors (Lipinski definition) is 3. The third kappa shape index (κ3) is 4.36. The van der Waals surface area contributed by atoms with Crippen LogP contribution in [-0.2, 0) is 0 Å². The summed E-state index contributed by atoms with van der Waals surface area (Å²) in [5.74, 6) is 0.778. The molecule has 0 spiro atoms. The fraction of sp³-hybridized carbons (Fsp3) is 0.444. The number of hydrogen-bond donors (Lipinski definition) is 1. The third-order valence-electron chi connectivity index (χ3n) is 4.44. The highest BCUT2D eigenvalue weighted by molar-refractivity contribution is 5.93. The first kappa shape index (κ1) is 18.5. The van der Waals surface area contributed by atoms with Gasteiger partial charge in [0.05, 0.1) is 17.4 Å². The zero-order valence-corrected chi connectivity index (χ0v) is 14.8. The Hall–Kier alpha value is -1.85. The lowest BCUT2D eigenvalue weighted by atomic mass is 9.96. The molecule has 1 aliphatic heterocycles. The summed E-state index contributed by atoms with van der Waals surface area (Å²) < 4.78 is 1.76. The second-order valence-corrected chi connectivity index (χ2v) is 6.05. The first-order chi connectivity index (χ1) is 11.3. The Morgan fingerprint density at radius 2 is 1.96 bits per heavy atom. The van der Waals surface area contributed by atoms with Crippen LogP contribution in [0.4, 0.5) is 0 Å². The predicted octanol–water partition coefficient (Wildman–Crippen LogP) is 2.76. The highest BCUT2D eigenvalue weighted by atomic mass is 35.5. The molecule has 130 valence electrons. The van der Waals surface area contributed by atoms with Gasteiger partial charge in [0.15, 0.2) is 0 Å². The van der Waals surface area contributed by atoms with Crippen molar-refractivity contribution in [1.29, 1.82) is 0 Å². The summed E-state index contributed by atoms with van der Waals surface area (Å²) in [6.45, 7) is 5.88. The summed E-state index contributed by atoms with van der Waals surface area (Å²) in [4.78, 5) is 14.6. The van der Waals surface area contributed by atoms with Gasteiger partial charge in [0, 0.05) is 19.3 Å². The Bertz CT molecular complexity index is 635. The molecule has 0 atom stereocenters. The van der Waals surface area contributed by atoms with Crippen LogP contribution in [0.15, 0.2) is 42.7 Å². The zero-order chi connectivity index (χ0) is 16.1. The first-order valence-corrected chi connectivity index (χ1v) is 8.38. The molecule has 1 aliphatic rings. The van der Waals surface area contributed by atoms with Gasteiger partial charge in [-0.25, -0.2) is 4.68 Å². The van der Waals surface area contributed by atoms with Gasteiger partial charge in [-0.2, -0.15) is 5.10 Å². The average molecular weight is 349 g/mol. The smallest absolute Gasteiger partial charge is 0.257 e. The molecule has 0 radical (unpaired) electrons. The number of aromatic nitrogens is 2. The Labute approximate surface area is 149 Å². The summed E-state index contributed by atoms with van der Waals surface area (Å²) >= 11 is 0. The molecule has 24 heavy (non-hydrogen) atoms. The van der Waals surface area contributed by atoms with Crippen molar-refractivity contribution in [3.63, 3.8) is 0 Å². The molecule has 0 aliphatic carbocycles. The minimum atomic E-state index is 0. The number of carbonyl (C=O) groups is 1. The van der Waals surface area contributed by atoms with E-state index in [1.54, 1.807) is 10.9 Å². The number of halogens is 1. The fourth-order valence-corrected chi connectivity index (χ4v) is 3.03. The highest BCUT2D eigenvalue weighted by Gasteiger charge is 2.24. The average Bonchev–Trinajstić information content (AvgIpc) is 3.11. The SMILES string of the molecule is CCNCC1CCN(C(=O)c2cnn(-c3ccccc3)c2)CC1.Cl. The van der Waals surface area contributed by atoms with E-state index in [9.17, 15) is 4.79 Å². The number of piperidine rings is 1. The maximum Gasteiger partial charge on any atom is 0.257 e. The van der Waals surface area contributed by atoms with Crippen molar-refractivity contribution in [2.75, 3.05) is 26.2 Å². The number of amides is 1. The number of carbonyl (C=O) groups excluding carboxylic acids is 1. The molecule has 0 saturated carbocycles. The second-order valence-electron chi connectivity index (χ2n) is 6.05. The van der Waals surface area contributed by atoms with Crippen molar-refractivity contribution in [1.82, 2.24) is 20.0 Å². The fourth-order valence-electron chi connectivity index (χ4n) is 3.03. The van der Waals surface area contributed by atoms with Crippen LogP contribution in [0.2, 0.25) is 0 Å². The second kappa shape index (κ2) is 8.85. The minimum Gasteiger partial charge on any atom is -0.339 e. The van der Waals surface area contributed by atoms with E-state index in [1.165, 1.54) is 0 Å². The summed E-state index contributed by atoms with van der Waals surface area (Å²) in [5, 5.41) is 7.72. The van der Waals surface area contributed by atoms with E-state index in [2.05, 4.69) is 17.3 Å². The van der Waals surface area contributed by atoms with Gasteiger partial charge in [0.25, 0.3) is 5.91 Å². The Morgan fingerprint density at radius 3 is 2.62 bits per heavy atom. The van der Waals surface area contributed by atoms with E-state index in [0.717, 1.165) is 44.7 Å². The molecule has 1 saturated heterocycles. The number of nitrogens with one attached hydrogen (secondary N) is 1. The van der Waals surface area contributed by atoms with Gasteiger partial charge in [0.1, 0.15) is 0 Å². The summed E-state index contributed by atoms with van der Waals surface area (Å²) in [6.07, 6.45) is 5.64. The van der Waals surface area contributed by atoms with E-state index in [1.807, 2.05) is 41.4 Å². The van der Waals surface area contributed by atoms with Gasteiger partial charge in [-0.05, 0) is 44.0 Å². The molecule has 1 fully saturated rings. The van der Waals surface area contributed by atoms with Crippen molar-refractivity contribution in [2.45, 2.75) is 19.8 Å².